The van der Waals surface area contributed by atoms with Crippen LogP contribution in [0.15, 0.2) is 18.2 Å². The molecule has 0 bridgehead atoms. The second-order valence-corrected chi connectivity index (χ2v) is 4.23. The summed E-state index contributed by atoms with van der Waals surface area (Å²) in [7, 11) is 1.36. The van der Waals surface area contributed by atoms with E-state index >= 15 is 0 Å². The summed E-state index contributed by atoms with van der Waals surface area (Å²) >= 11 is 0. The van der Waals surface area contributed by atoms with Gasteiger partial charge in [-0.05, 0) is 32.0 Å². The van der Waals surface area contributed by atoms with Crippen LogP contribution in [0.1, 0.15) is 21.9 Å². The molecule has 0 aliphatic heterocycles. The number of hydrogen-bond acceptors (Lipinski definition) is 4. The summed E-state index contributed by atoms with van der Waals surface area (Å²) in [4.78, 5) is 19.5. The molecule has 1 aromatic carbocycles. The molecule has 0 fully saturated rings. The molecule has 20 heavy (non-hydrogen) atoms. The Balaban J connectivity index is 2.68. The molecule has 0 atom stereocenters. The summed E-state index contributed by atoms with van der Waals surface area (Å²) < 4.78 is 18.6. The van der Waals surface area contributed by atoms with Gasteiger partial charge < -0.3 is 9.84 Å². The molecule has 0 saturated carbocycles. The standard InChI is InChI=1S/C14H13FN2O3/c1-7-12(14(18)19)13(17-8(2)16-7)9-4-5-11(20-3)10(15)6-9/h4-6H,1-3H3,(H,18,19). The lowest BCUT2D eigenvalue weighted by atomic mass is 10.0. The number of nitrogens with zero attached hydrogens (tertiary/aromatic N) is 2. The van der Waals surface area contributed by atoms with Crippen LogP contribution < -0.4 is 4.74 Å². The first-order chi connectivity index (χ1) is 9.43. The highest BCUT2D eigenvalue weighted by Gasteiger charge is 2.19. The fraction of sp³-hybridized carbons (Fsp3) is 0.214. The van der Waals surface area contributed by atoms with Crippen molar-refractivity contribution in [1.82, 2.24) is 9.97 Å². The van der Waals surface area contributed by atoms with E-state index in [1.54, 1.807) is 19.9 Å². The van der Waals surface area contributed by atoms with Gasteiger partial charge in [0.05, 0.1) is 18.5 Å². The van der Waals surface area contributed by atoms with E-state index in [1.807, 2.05) is 0 Å². The molecule has 1 heterocycles. The van der Waals surface area contributed by atoms with Gasteiger partial charge in [0.1, 0.15) is 11.4 Å². The molecule has 5 nitrogen and oxygen atoms in total. The first-order valence-corrected chi connectivity index (χ1v) is 5.86. The lowest BCUT2D eigenvalue weighted by Gasteiger charge is -2.10. The zero-order valence-electron chi connectivity index (χ0n) is 11.3. The minimum Gasteiger partial charge on any atom is -0.494 e. The van der Waals surface area contributed by atoms with Crippen LogP contribution in [0.3, 0.4) is 0 Å². The van der Waals surface area contributed by atoms with Crippen molar-refractivity contribution in [3.8, 4) is 17.0 Å². The number of benzene rings is 1. The number of carbonyl (C=O) groups is 1. The molecule has 0 saturated heterocycles. The maximum atomic E-state index is 13.8. The normalized spacial score (nSPS) is 10.4. The van der Waals surface area contributed by atoms with E-state index in [2.05, 4.69) is 9.97 Å². The Hall–Kier alpha value is -2.50. The Labute approximate surface area is 115 Å². The fourth-order valence-corrected chi connectivity index (χ4v) is 1.99. The van der Waals surface area contributed by atoms with E-state index < -0.39 is 11.8 Å². The molecule has 1 aromatic heterocycles. The number of aryl methyl sites for hydroxylation is 2. The van der Waals surface area contributed by atoms with Crippen molar-refractivity contribution >= 4 is 5.97 Å². The van der Waals surface area contributed by atoms with Crippen LogP contribution in [0, 0.1) is 19.7 Å². The van der Waals surface area contributed by atoms with Gasteiger partial charge in [-0.25, -0.2) is 19.2 Å². The van der Waals surface area contributed by atoms with E-state index in [4.69, 9.17) is 4.74 Å². The molecule has 104 valence electrons. The van der Waals surface area contributed by atoms with Gasteiger partial charge in [0.2, 0.25) is 0 Å². The molecule has 0 aliphatic carbocycles. The van der Waals surface area contributed by atoms with Gasteiger partial charge in [-0.15, -0.1) is 0 Å². The number of rotatable bonds is 3. The third kappa shape index (κ3) is 2.45. The minimum atomic E-state index is -1.14. The van der Waals surface area contributed by atoms with Crippen LogP contribution in [-0.2, 0) is 0 Å². The van der Waals surface area contributed by atoms with Gasteiger partial charge in [-0.3, -0.25) is 0 Å². The lowest BCUT2D eigenvalue weighted by Crippen LogP contribution is -2.08. The van der Waals surface area contributed by atoms with Crippen molar-refractivity contribution in [3.05, 3.63) is 41.1 Å². The number of carboxylic acids is 1. The Morgan fingerprint density at radius 3 is 2.55 bits per heavy atom. The van der Waals surface area contributed by atoms with Crippen LogP contribution in [0.2, 0.25) is 0 Å². The van der Waals surface area contributed by atoms with Crippen molar-refractivity contribution in [2.24, 2.45) is 0 Å². The van der Waals surface area contributed by atoms with Crippen LogP contribution in [0.5, 0.6) is 5.75 Å². The van der Waals surface area contributed by atoms with Crippen molar-refractivity contribution in [2.45, 2.75) is 13.8 Å². The van der Waals surface area contributed by atoms with Gasteiger partial charge >= 0.3 is 5.97 Å². The summed E-state index contributed by atoms with van der Waals surface area (Å²) in [5.41, 5.74) is 0.884. The average molecular weight is 276 g/mol. The molecule has 2 aromatic rings. The van der Waals surface area contributed by atoms with Gasteiger partial charge in [0.15, 0.2) is 11.6 Å². The Bertz CT molecular complexity index is 686. The molecular weight excluding hydrogens is 263 g/mol. The first kappa shape index (κ1) is 13.9. The zero-order chi connectivity index (χ0) is 14.9. The van der Waals surface area contributed by atoms with E-state index in [0.29, 0.717) is 17.1 Å². The highest BCUT2D eigenvalue weighted by Crippen LogP contribution is 2.27. The number of methoxy groups -OCH3 is 1. The number of ether oxygens (including phenoxy) is 1. The number of carboxylic acid groups (broad SMARTS) is 1. The van der Waals surface area contributed by atoms with Crippen molar-refractivity contribution < 1.29 is 19.0 Å². The fourth-order valence-electron chi connectivity index (χ4n) is 1.99. The van der Waals surface area contributed by atoms with E-state index in [9.17, 15) is 14.3 Å². The Morgan fingerprint density at radius 1 is 1.30 bits per heavy atom. The zero-order valence-corrected chi connectivity index (χ0v) is 11.3. The third-order valence-electron chi connectivity index (χ3n) is 2.84. The monoisotopic (exact) mass is 276 g/mol. The maximum absolute atomic E-state index is 13.8. The summed E-state index contributed by atoms with van der Waals surface area (Å²) in [6, 6.07) is 4.20. The second-order valence-electron chi connectivity index (χ2n) is 4.23. The second kappa shape index (κ2) is 5.24. The molecule has 1 N–H and O–H groups in total. The van der Waals surface area contributed by atoms with Crippen LogP contribution in [0.25, 0.3) is 11.3 Å². The number of hydrogen-bond donors (Lipinski definition) is 1. The molecular formula is C14H13FN2O3. The smallest absolute Gasteiger partial charge is 0.339 e. The first-order valence-electron chi connectivity index (χ1n) is 5.86. The molecule has 0 aliphatic rings. The van der Waals surface area contributed by atoms with Crippen molar-refractivity contribution in [2.75, 3.05) is 7.11 Å². The highest BCUT2D eigenvalue weighted by molar-refractivity contribution is 5.95. The summed E-state index contributed by atoms with van der Waals surface area (Å²) in [6.07, 6.45) is 0. The van der Waals surface area contributed by atoms with E-state index in [0.717, 1.165) is 0 Å². The summed E-state index contributed by atoms with van der Waals surface area (Å²) in [5, 5.41) is 9.27. The quantitative estimate of drug-likeness (QED) is 0.932. The summed E-state index contributed by atoms with van der Waals surface area (Å²) in [5.74, 6) is -1.20. The van der Waals surface area contributed by atoms with Gasteiger partial charge in [-0.1, -0.05) is 0 Å². The minimum absolute atomic E-state index is 0.0276. The summed E-state index contributed by atoms with van der Waals surface area (Å²) in [6.45, 7) is 3.24. The predicted molar refractivity (Wildman–Crippen MR) is 70.4 cm³/mol. The van der Waals surface area contributed by atoms with Gasteiger partial charge in [0.25, 0.3) is 0 Å². The van der Waals surface area contributed by atoms with E-state index in [1.165, 1.54) is 19.2 Å². The number of aromatic carboxylic acids is 1. The Morgan fingerprint density at radius 2 is 2.00 bits per heavy atom. The maximum Gasteiger partial charge on any atom is 0.339 e. The van der Waals surface area contributed by atoms with Gasteiger partial charge in [-0.2, -0.15) is 0 Å². The van der Waals surface area contributed by atoms with Crippen LogP contribution in [0.4, 0.5) is 4.39 Å². The lowest BCUT2D eigenvalue weighted by molar-refractivity contribution is 0.0696. The average Bonchev–Trinajstić information content (AvgIpc) is 2.37. The molecule has 6 heteroatoms. The molecule has 0 spiro atoms. The molecule has 2 rings (SSSR count). The molecule has 0 radical (unpaired) electrons. The Kier molecular flexibility index (Phi) is 3.65. The number of aromatic nitrogens is 2. The SMILES string of the molecule is COc1ccc(-c2nc(C)nc(C)c2C(=O)O)cc1F. The van der Waals surface area contributed by atoms with Crippen molar-refractivity contribution in [1.29, 1.82) is 0 Å². The highest BCUT2D eigenvalue weighted by atomic mass is 19.1. The van der Waals surface area contributed by atoms with Crippen molar-refractivity contribution in [3.63, 3.8) is 0 Å². The van der Waals surface area contributed by atoms with Gasteiger partial charge in [0, 0.05) is 5.56 Å². The topological polar surface area (TPSA) is 72.3 Å². The predicted octanol–water partition coefficient (Wildman–Crippen LogP) is 2.61. The third-order valence-corrected chi connectivity index (χ3v) is 2.84. The number of halogens is 1. The molecule has 0 unspecified atom stereocenters. The largest absolute Gasteiger partial charge is 0.494 e. The van der Waals surface area contributed by atoms with Crippen LogP contribution >= 0.6 is 0 Å². The van der Waals surface area contributed by atoms with Crippen LogP contribution in [-0.4, -0.2) is 28.2 Å². The van der Waals surface area contributed by atoms with E-state index in [-0.39, 0.29) is 17.0 Å². The molecule has 0 amide bonds.